The number of alkyl halides is 2. The number of nitrogens with one attached hydrogen (secondary N) is 1. The molecule has 2 amide bonds. The van der Waals surface area contributed by atoms with E-state index in [0.717, 1.165) is 32.2 Å². The standard InChI is InChI=1S/C25H29F3N6O3/c26-21-16-18(23-30-31-24(37-23)22(27)28)6-7-19(21)17-34(20-4-2-1-3-5-20)25(36)29-8-9-32-10-12-33(13-11-32)14-15-35/h1-7,16,22,35H,8-15,17H2,(H,29,36). The highest BCUT2D eigenvalue weighted by Gasteiger charge is 2.21. The van der Waals surface area contributed by atoms with Crippen LogP contribution in [0.2, 0.25) is 0 Å². The molecule has 1 aliphatic heterocycles. The van der Waals surface area contributed by atoms with E-state index in [1.165, 1.54) is 17.0 Å². The summed E-state index contributed by atoms with van der Waals surface area (Å²) in [5.74, 6) is -1.68. The molecule has 9 nitrogen and oxygen atoms in total. The molecule has 2 heterocycles. The molecule has 0 atom stereocenters. The van der Waals surface area contributed by atoms with Gasteiger partial charge in [-0.1, -0.05) is 24.3 Å². The molecule has 1 fully saturated rings. The summed E-state index contributed by atoms with van der Waals surface area (Å²) in [5, 5.41) is 18.8. The van der Waals surface area contributed by atoms with Crippen molar-refractivity contribution in [3.8, 4) is 11.5 Å². The summed E-state index contributed by atoms with van der Waals surface area (Å²) >= 11 is 0. The highest BCUT2D eigenvalue weighted by Crippen LogP contribution is 2.26. The first-order chi connectivity index (χ1) is 17.9. The Morgan fingerprint density at radius 1 is 1.05 bits per heavy atom. The average molecular weight is 519 g/mol. The summed E-state index contributed by atoms with van der Waals surface area (Å²) in [5.41, 5.74) is 0.992. The summed E-state index contributed by atoms with van der Waals surface area (Å²) in [4.78, 5) is 19.0. The smallest absolute Gasteiger partial charge is 0.322 e. The Labute approximate surface area is 212 Å². The molecule has 0 aliphatic carbocycles. The molecule has 1 aromatic heterocycles. The number of hydrogen-bond acceptors (Lipinski definition) is 7. The predicted octanol–water partition coefficient (Wildman–Crippen LogP) is 3.14. The number of β-amino-alcohol motifs (C(OH)–C–C–N with tert-alkyl or cyclic N) is 1. The van der Waals surface area contributed by atoms with Gasteiger partial charge >= 0.3 is 12.5 Å². The van der Waals surface area contributed by atoms with Gasteiger partial charge in [0.1, 0.15) is 5.82 Å². The molecule has 0 saturated carbocycles. The molecule has 1 aliphatic rings. The maximum Gasteiger partial charge on any atom is 0.322 e. The third kappa shape index (κ3) is 7.06. The van der Waals surface area contributed by atoms with E-state index in [4.69, 9.17) is 9.52 Å². The Morgan fingerprint density at radius 2 is 1.76 bits per heavy atom. The normalized spacial score (nSPS) is 14.7. The summed E-state index contributed by atoms with van der Waals surface area (Å²) in [6.45, 7) is 5.31. The van der Waals surface area contributed by atoms with Crippen molar-refractivity contribution in [2.24, 2.45) is 0 Å². The number of benzene rings is 2. The molecule has 12 heteroatoms. The quantitative estimate of drug-likeness (QED) is 0.426. The SMILES string of the molecule is O=C(NCCN1CCN(CCO)CC1)N(Cc1ccc(-c2nnc(C(F)F)o2)cc1F)c1ccccc1. The van der Waals surface area contributed by atoms with E-state index in [2.05, 4.69) is 25.3 Å². The first-order valence-electron chi connectivity index (χ1n) is 12.0. The zero-order valence-electron chi connectivity index (χ0n) is 20.2. The number of rotatable bonds is 10. The maximum atomic E-state index is 15.0. The van der Waals surface area contributed by atoms with Gasteiger partial charge < -0.3 is 14.8 Å². The summed E-state index contributed by atoms with van der Waals surface area (Å²) in [6, 6.07) is 12.6. The van der Waals surface area contributed by atoms with Crippen LogP contribution in [0.15, 0.2) is 52.9 Å². The minimum Gasteiger partial charge on any atom is -0.415 e. The summed E-state index contributed by atoms with van der Waals surface area (Å²) < 4.78 is 45.4. The number of urea groups is 1. The van der Waals surface area contributed by atoms with E-state index in [-0.39, 0.29) is 36.2 Å². The molecule has 0 radical (unpaired) electrons. The molecule has 37 heavy (non-hydrogen) atoms. The van der Waals surface area contributed by atoms with Gasteiger partial charge in [0.25, 0.3) is 5.89 Å². The third-order valence-corrected chi connectivity index (χ3v) is 6.15. The van der Waals surface area contributed by atoms with Crippen LogP contribution in [0.3, 0.4) is 0 Å². The molecule has 4 rings (SSSR count). The van der Waals surface area contributed by atoms with Crippen molar-refractivity contribution in [1.29, 1.82) is 0 Å². The first-order valence-corrected chi connectivity index (χ1v) is 12.0. The van der Waals surface area contributed by atoms with Gasteiger partial charge in [-0.15, -0.1) is 10.2 Å². The highest BCUT2D eigenvalue weighted by molar-refractivity contribution is 5.91. The fourth-order valence-corrected chi connectivity index (χ4v) is 4.10. The summed E-state index contributed by atoms with van der Waals surface area (Å²) in [6.07, 6.45) is -2.92. The number of carbonyl (C=O) groups is 1. The highest BCUT2D eigenvalue weighted by atomic mass is 19.3. The lowest BCUT2D eigenvalue weighted by molar-refractivity contribution is 0.113. The Morgan fingerprint density at radius 3 is 2.38 bits per heavy atom. The van der Waals surface area contributed by atoms with Crippen LogP contribution in [-0.2, 0) is 6.54 Å². The predicted molar refractivity (Wildman–Crippen MR) is 131 cm³/mol. The topological polar surface area (TPSA) is 98.0 Å². The molecule has 1 saturated heterocycles. The number of hydrogen-bond donors (Lipinski definition) is 2. The largest absolute Gasteiger partial charge is 0.415 e. The fraction of sp³-hybridized carbons (Fsp3) is 0.400. The van der Waals surface area contributed by atoms with Gasteiger partial charge in [0.15, 0.2) is 0 Å². The Kier molecular flexibility index (Phi) is 9.09. The van der Waals surface area contributed by atoms with Crippen molar-refractivity contribution < 1.29 is 27.5 Å². The zero-order valence-corrected chi connectivity index (χ0v) is 20.2. The second-order valence-electron chi connectivity index (χ2n) is 8.61. The molecule has 0 unspecified atom stereocenters. The molecule has 2 N–H and O–H groups in total. The lowest BCUT2D eigenvalue weighted by Gasteiger charge is -2.34. The van der Waals surface area contributed by atoms with Gasteiger partial charge in [0.05, 0.1) is 13.2 Å². The average Bonchev–Trinajstić information content (AvgIpc) is 3.40. The third-order valence-electron chi connectivity index (χ3n) is 6.15. The van der Waals surface area contributed by atoms with Gasteiger partial charge in [-0.25, -0.2) is 9.18 Å². The van der Waals surface area contributed by atoms with E-state index < -0.39 is 18.1 Å². The molecule has 0 spiro atoms. The number of aromatic nitrogens is 2. The number of aliphatic hydroxyl groups is 1. The van der Waals surface area contributed by atoms with E-state index in [0.29, 0.717) is 25.3 Å². The number of halogens is 3. The van der Waals surface area contributed by atoms with Crippen LogP contribution < -0.4 is 10.2 Å². The Balaban J connectivity index is 1.40. The molecular formula is C25H29F3N6O3. The van der Waals surface area contributed by atoms with Crippen molar-refractivity contribution in [3.05, 3.63) is 65.8 Å². The van der Waals surface area contributed by atoms with E-state index >= 15 is 0 Å². The molecule has 3 aromatic rings. The lowest BCUT2D eigenvalue weighted by Crippen LogP contribution is -2.50. The molecular weight excluding hydrogens is 489 g/mol. The number of carbonyl (C=O) groups excluding carboxylic acids is 1. The number of nitrogens with zero attached hydrogens (tertiary/aromatic N) is 5. The molecule has 2 aromatic carbocycles. The molecule has 198 valence electrons. The monoisotopic (exact) mass is 518 g/mol. The maximum absolute atomic E-state index is 15.0. The van der Waals surface area contributed by atoms with E-state index in [9.17, 15) is 18.0 Å². The number of para-hydroxylation sites is 1. The number of piperazine rings is 1. The number of aliphatic hydroxyl groups excluding tert-OH is 1. The van der Waals surface area contributed by atoms with Crippen molar-refractivity contribution >= 4 is 11.7 Å². The number of anilines is 1. The second-order valence-corrected chi connectivity index (χ2v) is 8.61. The Bertz CT molecular complexity index is 1160. The van der Waals surface area contributed by atoms with Crippen LogP contribution in [0.4, 0.5) is 23.7 Å². The van der Waals surface area contributed by atoms with E-state index in [1.54, 1.807) is 24.3 Å². The second kappa shape index (κ2) is 12.7. The van der Waals surface area contributed by atoms with Crippen molar-refractivity contribution in [2.45, 2.75) is 13.0 Å². The minimum atomic E-state index is -2.92. The first kappa shape index (κ1) is 26.6. The minimum absolute atomic E-state index is 0.0477. The van der Waals surface area contributed by atoms with Crippen LogP contribution in [0, 0.1) is 5.82 Å². The lowest BCUT2D eigenvalue weighted by atomic mass is 10.1. The fourth-order valence-electron chi connectivity index (χ4n) is 4.10. The van der Waals surface area contributed by atoms with Gasteiger partial charge in [0, 0.05) is 62.6 Å². The molecule has 0 bridgehead atoms. The zero-order chi connectivity index (χ0) is 26.2. The van der Waals surface area contributed by atoms with Crippen LogP contribution in [-0.4, -0.2) is 83.6 Å². The van der Waals surface area contributed by atoms with Gasteiger partial charge in [-0.3, -0.25) is 14.7 Å². The van der Waals surface area contributed by atoms with E-state index in [1.807, 2.05) is 6.07 Å². The van der Waals surface area contributed by atoms with Crippen LogP contribution in [0.25, 0.3) is 11.5 Å². The van der Waals surface area contributed by atoms with Gasteiger partial charge in [-0.05, 0) is 24.3 Å². The van der Waals surface area contributed by atoms with Crippen molar-refractivity contribution in [1.82, 2.24) is 25.3 Å². The van der Waals surface area contributed by atoms with Crippen LogP contribution in [0.1, 0.15) is 17.9 Å². The van der Waals surface area contributed by atoms with Gasteiger partial charge in [0.2, 0.25) is 5.89 Å². The summed E-state index contributed by atoms with van der Waals surface area (Å²) in [7, 11) is 0. The number of amides is 2. The van der Waals surface area contributed by atoms with Crippen LogP contribution >= 0.6 is 0 Å². The Hall–Kier alpha value is -3.48. The van der Waals surface area contributed by atoms with Gasteiger partial charge in [-0.2, -0.15) is 8.78 Å². The van der Waals surface area contributed by atoms with Crippen LogP contribution in [0.5, 0.6) is 0 Å². The van der Waals surface area contributed by atoms with Crippen molar-refractivity contribution in [3.63, 3.8) is 0 Å². The van der Waals surface area contributed by atoms with Crippen molar-refractivity contribution in [2.75, 3.05) is 57.3 Å².